The summed E-state index contributed by atoms with van der Waals surface area (Å²) >= 11 is 0. The molecule has 5 aliphatic carbocycles. The molecule has 2 aliphatic heterocycles. The van der Waals surface area contributed by atoms with Gasteiger partial charge < -0.3 is 29.1 Å². The van der Waals surface area contributed by atoms with Crippen molar-refractivity contribution in [3.05, 3.63) is 42.0 Å². The van der Waals surface area contributed by atoms with Crippen LogP contribution >= 0.6 is 0 Å². The van der Waals surface area contributed by atoms with Crippen molar-refractivity contribution in [1.29, 1.82) is 0 Å². The maximum atomic E-state index is 15.2. The van der Waals surface area contributed by atoms with E-state index in [9.17, 15) is 19.5 Å². The zero-order valence-electron chi connectivity index (χ0n) is 38.3. The van der Waals surface area contributed by atoms with Crippen LogP contribution in [0.5, 0.6) is 11.5 Å². The Morgan fingerprint density at radius 2 is 1.52 bits per heavy atom. The molecular formula is C51H72N2O8. The Bertz CT molecular complexity index is 1980. The number of fused-ring (bicyclic) bond motifs is 8. The van der Waals surface area contributed by atoms with Gasteiger partial charge in [-0.25, -0.2) is 0 Å². The largest absolute Gasteiger partial charge is 0.486 e. The number of carbonyl (C=O) groups is 4. The van der Waals surface area contributed by atoms with Crippen molar-refractivity contribution >= 4 is 29.8 Å². The molecule has 1 saturated heterocycles. The lowest BCUT2D eigenvalue weighted by Gasteiger charge is -2.73. The molecule has 7 aliphatic rings. The molecule has 10 atom stereocenters. The van der Waals surface area contributed by atoms with Crippen molar-refractivity contribution in [2.75, 3.05) is 39.4 Å². The molecule has 0 radical (unpaired) electrons. The zero-order chi connectivity index (χ0) is 43.9. The molecule has 2 heterocycles. The molecule has 0 aromatic heterocycles. The number of ether oxygens (including phenoxy) is 3. The van der Waals surface area contributed by atoms with Crippen molar-refractivity contribution < 1.29 is 38.5 Å². The number of nitrogens with zero attached hydrogens (tertiary/aromatic N) is 2. The minimum Gasteiger partial charge on any atom is -0.486 e. The van der Waals surface area contributed by atoms with Gasteiger partial charge in [-0.1, -0.05) is 52.8 Å². The van der Waals surface area contributed by atoms with Crippen LogP contribution in [0.3, 0.4) is 0 Å². The lowest BCUT2D eigenvalue weighted by Crippen LogP contribution is -2.68. The Balaban J connectivity index is 0.969. The number of allylic oxidation sites excluding steroid dienone is 1. The Morgan fingerprint density at radius 3 is 2.21 bits per heavy atom. The van der Waals surface area contributed by atoms with Gasteiger partial charge in [0.2, 0.25) is 11.8 Å². The fourth-order valence-corrected chi connectivity index (χ4v) is 15.2. The van der Waals surface area contributed by atoms with Crippen LogP contribution in [0.1, 0.15) is 132 Å². The van der Waals surface area contributed by atoms with Gasteiger partial charge in [0.25, 0.3) is 0 Å². The quantitative estimate of drug-likeness (QED) is 0.156. The van der Waals surface area contributed by atoms with Gasteiger partial charge >= 0.3 is 11.9 Å². The molecule has 61 heavy (non-hydrogen) atoms. The third kappa shape index (κ3) is 7.03. The first kappa shape index (κ1) is 43.8. The van der Waals surface area contributed by atoms with Crippen molar-refractivity contribution in [2.45, 2.75) is 132 Å². The summed E-state index contributed by atoms with van der Waals surface area (Å²) in [6.45, 7) is 25.5. The Hall–Kier alpha value is -3.82. The molecule has 1 aromatic carbocycles. The first-order valence-electron chi connectivity index (χ1n) is 23.4. The van der Waals surface area contributed by atoms with Crippen LogP contribution in [0.4, 0.5) is 0 Å². The monoisotopic (exact) mass is 841 g/mol. The number of carboxylic acid groups (broad SMARTS) is 1. The van der Waals surface area contributed by atoms with E-state index in [0.29, 0.717) is 74.7 Å². The molecule has 0 spiro atoms. The summed E-state index contributed by atoms with van der Waals surface area (Å²) in [6.07, 6.45) is 13.2. The minimum atomic E-state index is -1.17. The van der Waals surface area contributed by atoms with Gasteiger partial charge in [0.15, 0.2) is 11.5 Å². The highest BCUT2D eigenvalue weighted by Crippen LogP contribution is 2.77. The highest BCUT2D eigenvalue weighted by molar-refractivity contribution is 5.92. The fourth-order valence-electron chi connectivity index (χ4n) is 15.2. The summed E-state index contributed by atoms with van der Waals surface area (Å²) < 4.78 is 17.6. The Labute approximate surface area is 364 Å². The standard InChI is InChI=1S/C51H72N2O8/c1-32(2)34-16-21-51(44(56)53-26-24-52(25-27-53)41(54)15-11-33-10-13-36-37(30-33)60-29-28-59-36)23-22-49(8)35(43(34)51)12-14-39-48(7)19-18-40(61-42(55)31-46(3,4)45(57)58)47(5,6)38(48)17-20-50(39,49)9/h10-11,13,15,30,34-35,38-40,43H,1,12,14,16-29,31H2,2-9H3,(H,57,58)/b15-11+/t34-,35+,38-,39+,40-,43+,48-,49+,50+,51-/m0/s1. The van der Waals surface area contributed by atoms with Gasteiger partial charge in [0, 0.05) is 37.7 Å². The second-order valence-electron chi connectivity index (χ2n) is 22.4. The number of esters is 1. The fraction of sp³-hybridized carbons (Fsp3) is 0.725. The molecule has 0 bridgehead atoms. The van der Waals surface area contributed by atoms with E-state index in [0.717, 1.165) is 75.5 Å². The topological polar surface area (TPSA) is 123 Å². The van der Waals surface area contributed by atoms with Gasteiger partial charge in [-0.05, 0) is 155 Å². The molecule has 10 nitrogen and oxygen atoms in total. The molecule has 5 saturated carbocycles. The van der Waals surface area contributed by atoms with E-state index in [1.165, 1.54) is 5.57 Å². The van der Waals surface area contributed by atoms with E-state index in [2.05, 4.69) is 53.0 Å². The number of hydrogen-bond donors (Lipinski definition) is 1. The molecule has 1 aromatic rings. The summed E-state index contributed by atoms with van der Waals surface area (Å²) in [6, 6.07) is 5.71. The van der Waals surface area contributed by atoms with Gasteiger partial charge in [0.05, 0.1) is 17.3 Å². The molecule has 8 rings (SSSR count). The van der Waals surface area contributed by atoms with Gasteiger partial charge in [-0.3, -0.25) is 19.2 Å². The molecule has 2 amide bonds. The van der Waals surface area contributed by atoms with Gasteiger partial charge in [0.1, 0.15) is 19.3 Å². The van der Waals surface area contributed by atoms with E-state index < -0.39 is 22.8 Å². The lowest BCUT2D eigenvalue weighted by atomic mass is 9.32. The molecule has 334 valence electrons. The van der Waals surface area contributed by atoms with E-state index in [4.69, 9.17) is 14.2 Å². The van der Waals surface area contributed by atoms with Crippen LogP contribution in [0.25, 0.3) is 6.08 Å². The number of amides is 2. The smallest absolute Gasteiger partial charge is 0.309 e. The molecule has 0 unspecified atom stereocenters. The summed E-state index contributed by atoms with van der Waals surface area (Å²) in [5.74, 6) is 2.19. The molecule has 10 heteroatoms. The number of piperazine rings is 1. The first-order valence-corrected chi connectivity index (χ1v) is 23.4. The number of aliphatic carboxylic acids is 1. The predicted octanol–water partition coefficient (Wildman–Crippen LogP) is 9.21. The third-order valence-electron chi connectivity index (χ3n) is 18.7. The van der Waals surface area contributed by atoms with Crippen LogP contribution in [0.2, 0.25) is 0 Å². The number of carboxylic acids is 1. The zero-order valence-corrected chi connectivity index (χ0v) is 38.3. The molecule has 1 N–H and O–H groups in total. The van der Waals surface area contributed by atoms with Crippen LogP contribution in [-0.2, 0) is 23.9 Å². The predicted molar refractivity (Wildman–Crippen MR) is 235 cm³/mol. The number of benzene rings is 1. The highest BCUT2D eigenvalue weighted by Gasteiger charge is 2.72. The van der Waals surface area contributed by atoms with Crippen molar-refractivity contribution in [2.24, 2.45) is 62.1 Å². The van der Waals surface area contributed by atoms with E-state index in [1.54, 1.807) is 19.9 Å². The van der Waals surface area contributed by atoms with Crippen LogP contribution in [-0.4, -0.2) is 84.2 Å². The summed E-state index contributed by atoms with van der Waals surface area (Å²) in [5.41, 5.74) is 0.544. The number of carbonyl (C=O) groups excluding carboxylic acids is 3. The maximum absolute atomic E-state index is 15.2. The summed E-state index contributed by atoms with van der Waals surface area (Å²) in [5, 5.41) is 9.66. The van der Waals surface area contributed by atoms with Crippen LogP contribution in [0.15, 0.2) is 36.4 Å². The second kappa shape index (κ2) is 15.5. The average Bonchev–Trinajstić information content (AvgIpc) is 3.62. The van der Waals surface area contributed by atoms with Crippen molar-refractivity contribution in [3.8, 4) is 11.5 Å². The minimum absolute atomic E-state index is 0.0410. The first-order chi connectivity index (χ1) is 28.7. The second-order valence-corrected chi connectivity index (χ2v) is 22.4. The number of hydrogen-bond acceptors (Lipinski definition) is 7. The molecular weight excluding hydrogens is 769 g/mol. The van der Waals surface area contributed by atoms with E-state index in [1.807, 2.05) is 29.2 Å². The Morgan fingerprint density at radius 1 is 0.836 bits per heavy atom. The van der Waals surface area contributed by atoms with E-state index >= 15 is 4.79 Å². The normalized spacial score (nSPS) is 37.8. The van der Waals surface area contributed by atoms with Crippen LogP contribution < -0.4 is 9.47 Å². The van der Waals surface area contributed by atoms with Gasteiger partial charge in [-0.2, -0.15) is 0 Å². The van der Waals surface area contributed by atoms with Crippen LogP contribution in [0, 0.1) is 62.1 Å². The third-order valence-corrected chi connectivity index (χ3v) is 18.7. The lowest BCUT2D eigenvalue weighted by molar-refractivity contribution is -0.250. The maximum Gasteiger partial charge on any atom is 0.309 e. The number of rotatable bonds is 8. The summed E-state index contributed by atoms with van der Waals surface area (Å²) in [7, 11) is 0. The van der Waals surface area contributed by atoms with Crippen molar-refractivity contribution in [3.63, 3.8) is 0 Å². The van der Waals surface area contributed by atoms with Gasteiger partial charge in [-0.15, -0.1) is 0 Å². The Kier molecular flexibility index (Phi) is 11.1. The van der Waals surface area contributed by atoms with E-state index in [-0.39, 0.29) is 46.0 Å². The SMILES string of the molecule is C=C(C)[C@@H]1CC[C@]2(C(=O)N3CCN(C(=O)/C=C/c4ccc5c(c4)OCCO5)CC3)CC[C@]3(C)[C@H](CC[C@@H]4[C@@]5(C)CC[C@H](OC(=O)CC(C)(C)C(=O)O)C(C)(C)[C@@H]5CC[C@]43C)[C@@H]12. The highest BCUT2D eigenvalue weighted by atomic mass is 16.6. The average molecular weight is 841 g/mol. The summed E-state index contributed by atoms with van der Waals surface area (Å²) in [4.78, 5) is 57.5. The molecule has 6 fully saturated rings. The van der Waals surface area contributed by atoms with Crippen molar-refractivity contribution in [1.82, 2.24) is 9.80 Å².